The number of benzene rings is 2. The zero-order valence-corrected chi connectivity index (χ0v) is 16.7. The molecule has 2 aromatic carbocycles. The van der Waals surface area contributed by atoms with E-state index in [1.54, 1.807) is 6.07 Å². The molecule has 0 bridgehead atoms. The Bertz CT molecular complexity index is 1040. The van der Waals surface area contributed by atoms with Gasteiger partial charge in [0, 0.05) is 25.1 Å². The Morgan fingerprint density at radius 3 is 2.63 bits per heavy atom. The van der Waals surface area contributed by atoms with Gasteiger partial charge in [0.15, 0.2) is 11.5 Å². The monoisotopic (exact) mass is 436 g/mol. The summed E-state index contributed by atoms with van der Waals surface area (Å²) in [7, 11) is -3.77. The molecule has 0 amide bonds. The van der Waals surface area contributed by atoms with Crippen LogP contribution in [-0.4, -0.2) is 39.1 Å². The fourth-order valence-electron chi connectivity index (χ4n) is 2.75. The maximum Gasteiger partial charge on any atom is 0.306 e. The number of esters is 1. The molecule has 0 saturated heterocycles. The van der Waals surface area contributed by atoms with Gasteiger partial charge in [-0.1, -0.05) is 12.1 Å². The smallest absolute Gasteiger partial charge is 0.306 e. The fraction of sp³-hybridized carbons (Fsp3) is 0.316. The molecule has 3 rings (SSSR count). The number of nitro groups is 1. The normalized spacial score (nSPS) is 12.9. The largest absolute Gasteiger partial charge is 0.486 e. The molecule has 1 heterocycles. The fourth-order valence-corrected chi connectivity index (χ4v) is 3.84. The summed E-state index contributed by atoms with van der Waals surface area (Å²) >= 11 is 0. The summed E-state index contributed by atoms with van der Waals surface area (Å²) in [4.78, 5) is 22.3. The summed E-state index contributed by atoms with van der Waals surface area (Å²) in [6, 6.07) is 10.3. The molecule has 1 aliphatic rings. The van der Waals surface area contributed by atoms with E-state index in [9.17, 15) is 23.3 Å². The molecule has 1 N–H and O–H groups in total. The number of sulfonamides is 1. The standard InChI is InChI=1S/C19H20N2O8S/c22-19(29-13-14-4-1-2-5-16(14)21(23)24)6-3-9-20-30(25,26)15-7-8-17-18(12-15)28-11-10-27-17/h1-2,4-5,7-8,12,20H,3,6,9-11,13H2. The highest BCUT2D eigenvalue weighted by molar-refractivity contribution is 7.89. The van der Waals surface area contributed by atoms with Crippen molar-refractivity contribution < 1.29 is 32.3 Å². The second-order valence-electron chi connectivity index (χ2n) is 6.35. The summed E-state index contributed by atoms with van der Waals surface area (Å²) in [5.74, 6) is 0.274. The molecule has 1 aliphatic heterocycles. The minimum absolute atomic E-state index is 0.0252. The van der Waals surface area contributed by atoms with Crippen LogP contribution in [0.3, 0.4) is 0 Å². The Morgan fingerprint density at radius 2 is 1.87 bits per heavy atom. The van der Waals surface area contributed by atoms with E-state index in [2.05, 4.69) is 4.72 Å². The van der Waals surface area contributed by atoms with E-state index in [0.29, 0.717) is 24.7 Å². The highest BCUT2D eigenvalue weighted by atomic mass is 32.2. The summed E-state index contributed by atoms with van der Waals surface area (Å²) < 4.78 is 43.0. The molecule has 10 nitrogen and oxygen atoms in total. The van der Waals surface area contributed by atoms with Crippen LogP contribution >= 0.6 is 0 Å². The SMILES string of the molecule is O=C(CCCNS(=O)(=O)c1ccc2c(c1)OCCO2)OCc1ccccc1[N+](=O)[O-]. The van der Waals surface area contributed by atoms with Crippen molar-refractivity contribution in [2.24, 2.45) is 0 Å². The second kappa shape index (κ2) is 9.55. The van der Waals surface area contributed by atoms with E-state index < -0.39 is 20.9 Å². The van der Waals surface area contributed by atoms with Crippen molar-refractivity contribution in [3.63, 3.8) is 0 Å². The first-order valence-electron chi connectivity index (χ1n) is 9.14. The lowest BCUT2D eigenvalue weighted by Gasteiger charge is -2.18. The zero-order chi connectivity index (χ0) is 21.6. The van der Waals surface area contributed by atoms with Gasteiger partial charge in [-0.15, -0.1) is 0 Å². The molecule has 0 spiro atoms. The van der Waals surface area contributed by atoms with Crippen molar-refractivity contribution >= 4 is 21.7 Å². The molecule has 0 aliphatic carbocycles. The number of nitrogens with one attached hydrogen (secondary N) is 1. The number of ether oxygens (including phenoxy) is 3. The molecule has 0 radical (unpaired) electrons. The van der Waals surface area contributed by atoms with E-state index in [-0.39, 0.29) is 42.1 Å². The number of hydrogen-bond acceptors (Lipinski definition) is 8. The lowest BCUT2D eigenvalue weighted by molar-refractivity contribution is -0.385. The molecule has 0 unspecified atom stereocenters. The van der Waals surface area contributed by atoms with E-state index in [4.69, 9.17) is 14.2 Å². The number of carbonyl (C=O) groups excluding carboxylic acids is 1. The van der Waals surface area contributed by atoms with Crippen LogP contribution in [0, 0.1) is 10.1 Å². The van der Waals surface area contributed by atoms with Gasteiger partial charge >= 0.3 is 5.97 Å². The van der Waals surface area contributed by atoms with Crippen LogP contribution in [-0.2, 0) is 26.2 Å². The van der Waals surface area contributed by atoms with Gasteiger partial charge in [0.1, 0.15) is 19.8 Å². The highest BCUT2D eigenvalue weighted by Gasteiger charge is 2.19. The van der Waals surface area contributed by atoms with Crippen LogP contribution in [0.15, 0.2) is 47.4 Å². The molecule has 11 heteroatoms. The Hall–Kier alpha value is -3.18. The van der Waals surface area contributed by atoms with Crippen molar-refractivity contribution in [3.8, 4) is 11.5 Å². The van der Waals surface area contributed by atoms with Crippen LogP contribution in [0.4, 0.5) is 5.69 Å². The number of nitrogens with zero attached hydrogens (tertiary/aromatic N) is 1. The number of nitro benzene ring substituents is 1. The molecule has 0 saturated carbocycles. The predicted molar refractivity (Wildman–Crippen MR) is 105 cm³/mol. The third-order valence-corrected chi connectivity index (χ3v) is 5.71. The van der Waals surface area contributed by atoms with E-state index in [0.717, 1.165) is 0 Å². The van der Waals surface area contributed by atoms with Gasteiger partial charge in [-0.05, 0) is 24.6 Å². The van der Waals surface area contributed by atoms with Crippen molar-refractivity contribution in [2.75, 3.05) is 19.8 Å². The minimum atomic E-state index is -3.77. The van der Waals surface area contributed by atoms with E-state index in [1.807, 2.05) is 0 Å². The summed E-state index contributed by atoms with van der Waals surface area (Å²) in [5, 5.41) is 11.0. The zero-order valence-electron chi connectivity index (χ0n) is 15.9. The number of fused-ring (bicyclic) bond motifs is 1. The van der Waals surface area contributed by atoms with Crippen LogP contribution in [0.5, 0.6) is 11.5 Å². The molecule has 160 valence electrons. The van der Waals surface area contributed by atoms with Crippen LogP contribution in [0.2, 0.25) is 0 Å². The summed E-state index contributed by atoms with van der Waals surface area (Å²) in [6.07, 6.45) is 0.170. The summed E-state index contributed by atoms with van der Waals surface area (Å²) in [5.41, 5.74) is 0.160. The van der Waals surface area contributed by atoms with Gasteiger partial charge in [-0.2, -0.15) is 0 Å². The number of carbonyl (C=O) groups is 1. The molecule has 30 heavy (non-hydrogen) atoms. The van der Waals surface area contributed by atoms with Crippen molar-refractivity contribution in [3.05, 3.63) is 58.1 Å². The first kappa shape index (κ1) is 21.5. The van der Waals surface area contributed by atoms with Gasteiger partial charge in [-0.3, -0.25) is 14.9 Å². The van der Waals surface area contributed by atoms with Crippen LogP contribution in [0.1, 0.15) is 18.4 Å². The molecule has 0 aromatic heterocycles. The van der Waals surface area contributed by atoms with E-state index >= 15 is 0 Å². The summed E-state index contributed by atoms with van der Waals surface area (Å²) in [6.45, 7) is 0.555. The van der Waals surface area contributed by atoms with Crippen molar-refractivity contribution in [2.45, 2.75) is 24.3 Å². The Balaban J connectivity index is 1.45. The van der Waals surface area contributed by atoms with Gasteiger partial charge in [-0.25, -0.2) is 13.1 Å². The first-order chi connectivity index (χ1) is 14.4. The van der Waals surface area contributed by atoms with E-state index in [1.165, 1.54) is 36.4 Å². The van der Waals surface area contributed by atoms with Crippen molar-refractivity contribution in [1.82, 2.24) is 4.72 Å². The number of hydrogen-bond donors (Lipinski definition) is 1. The average Bonchev–Trinajstić information content (AvgIpc) is 2.75. The third kappa shape index (κ3) is 5.45. The minimum Gasteiger partial charge on any atom is -0.486 e. The highest BCUT2D eigenvalue weighted by Crippen LogP contribution is 2.32. The molecular formula is C19H20N2O8S. The third-order valence-electron chi connectivity index (χ3n) is 4.25. The Kier molecular flexibility index (Phi) is 6.85. The Morgan fingerprint density at radius 1 is 1.13 bits per heavy atom. The maximum absolute atomic E-state index is 12.4. The molecule has 0 fully saturated rings. The lowest BCUT2D eigenvalue weighted by Crippen LogP contribution is -2.25. The van der Waals surface area contributed by atoms with Gasteiger partial charge in [0.25, 0.3) is 5.69 Å². The lowest BCUT2D eigenvalue weighted by atomic mass is 10.2. The predicted octanol–water partition coefficient (Wildman–Crippen LogP) is 2.17. The van der Waals surface area contributed by atoms with Crippen LogP contribution in [0.25, 0.3) is 0 Å². The average molecular weight is 436 g/mol. The molecular weight excluding hydrogens is 416 g/mol. The second-order valence-corrected chi connectivity index (χ2v) is 8.12. The van der Waals surface area contributed by atoms with Gasteiger partial charge in [0.2, 0.25) is 10.0 Å². The Labute approximate surface area is 173 Å². The first-order valence-corrected chi connectivity index (χ1v) is 10.6. The topological polar surface area (TPSA) is 134 Å². The molecule has 2 aromatic rings. The van der Waals surface area contributed by atoms with Crippen LogP contribution < -0.4 is 14.2 Å². The number of para-hydroxylation sites is 1. The quantitative estimate of drug-likeness (QED) is 0.274. The number of rotatable bonds is 9. The van der Waals surface area contributed by atoms with Gasteiger partial charge < -0.3 is 14.2 Å². The van der Waals surface area contributed by atoms with Crippen molar-refractivity contribution in [1.29, 1.82) is 0 Å². The molecule has 0 atom stereocenters. The maximum atomic E-state index is 12.4. The van der Waals surface area contributed by atoms with Gasteiger partial charge in [0.05, 0.1) is 15.4 Å².